The molecule has 1 saturated heterocycles. The second kappa shape index (κ2) is 5.71. The second-order valence-corrected chi connectivity index (χ2v) is 7.11. The van der Waals surface area contributed by atoms with Gasteiger partial charge in [0, 0.05) is 23.2 Å². The molecule has 0 amide bonds. The maximum atomic E-state index is 10.5. The fourth-order valence-corrected chi connectivity index (χ4v) is 3.99. The fraction of sp³-hybridized carbons (Fsp3) is 0.375. The molecule has 0 aromatic carbocycles. The smallest absolute Gasteiger partial charge is 0.259 e. The SMILES string of the molecule is Cc1cc(C)n(-c2ccc(-c3noc(C4(O)CCSC4)n3)cn2)n1. The van der Waals surface area contributed by atoms with Gasteiger partial charge in [-0.2, -0.15) is 21.8 Å². The highest BCUT2D eigenvalue weighted by atomic mass is 32.2. The first-order valence-corrected chi connectivity index (χ1v) is 8.85. The Balaban J connectivity index is 1.61. The Bertz CT molecular complexity index is 865. The van der Waals surface area contributed by atoms with Crippen LogP contribution in [-0.2, 0) is 5.60 Å². The quantitative estimate of drug-likeness (QED) is 0.780. The summed E-state index contributed by atoms with van der Waals surface area (Å²) in [4.78, 5) is 8.79. The Hall–Kier alpha value is -2.19. The van der Waals surface area contributed by atoms with E-state index < -0.39 is 5.60 Å². The van der Waals surface area contributed by atoms with Gasteiger partial charge in [0.1, 0.15) is 0 Å². The number of nitrogens with zero attached hydrogens (tertiary/aromatic N) is 5. The molecule has 3 aromatic heterocycles. The fourth-order valence-electron chi connectivity index (χ4n) is 2.76. The lowest BCUT2D eigenvalue weighted by Gasteiger charge is -2.14. The summed E-state index contributed by atoms with van der Waals surface area (Å²) < 4.78 is 7.06. The zero-order valence-electron chi connectivity index (χ0n) is 13.4. The number of aliphatic hydroxyl groups is 1. The summed E-state index contributed by atoms with van der Waals surface area (Å²) in [6.07, 6.45) is 2.32. The van der Waals surface area contributed by atoms with Crippen molar-refractivity contribution in [2.24, 2.45) is 0 Å². The molecule has 1 aliphatic rings. The topological polar surface area (TPSA) is 89.9 Å². The van der Waals surface area contributed by atoms with Crippen molar-refractivity contribution in [3.8, 4) is 17.2 Å². The van der Waals surface area contributed by atoms with Crippen molar-refractivity contribution >= 4 is 11.8 Å². The molecule has 1 fully saturated rings. The Morgan fingerprint density at radius 3 is 2.83 bits per heavy atom. The predicted octanol–water partition coefficient (Wildman–Crippen LogP) is 2.26. The van der Waals surface area contributed by atoms with Gasteiger partial charge in [-0.1, -0.05) is 5.16 Å². The zero-order chi connectivity index (χ0) is 16.7. The molecular weight excluding hydrogens is 326 g/mol. The van der Waals surface area contributed by atoms with Crippen LogP contribution in [-0.4, -0.2) is 41.5 Å². The molecule has 0 aliphatic carbocycles. The molecule has 124 valence electrons. The number of aryl methyl sites for hydroxylation is 2. The average Bonchev–Trinajstić information content (AvgIpc) is 3.28. The van der Waals surface area contributed by atoms with Gasteiger partial charge in [-0.3, -0.25) is 0 Å². The third kappa shape index (κ3) is 2.61. The van der Waals surface area contributed by atoms with E-state index in [1.54, 1.807) is 22.6 Å². The predicted molar refractivity (Wildman–Crippen MR) is 90.0 cm³/mol. The van der Waals surface area contributed by atoms with E-state index in [2.05, 4.69) is 20.2 Å². The summed E-state index contributed by atoms with van der Waals surface area (Å²) in [7, 11) is 0. The molecule has 24 heavy (non-hydrogen) atoms. The lowest BCUT2D eigenvalue weighted by molar-refractivity contribution is 0.0307. The Kier molecular flexibility index (Phi) is 3.65. The van der Waals surface area contributed by atoms with Crippen molar-refractivity contribution in [2.45, 2.75) is 25.9 Å². The third-order valence-corrected chi connectivity index (χ3v) is 5.23. The van der Waals surface area contributed by atoms with Gasteiger partial charge in [0.2, 0.25) is 5.82 Å². The van der Waals surface area contributed by atoms with Gasteiger partial charge < -0.3 is 9.63 Å². The first kappa shape index (κ1) is 15.3. The van der Waals surface area contributed by atoms with E-state index in [9.17, 15) is 5.11 Å². The van der Waals surface area contributed by atoms with Crippen molar-refractivity contribution in [1.29, 1.82) is 0 Å². The van der Waals surface area contributed by atoms with Crippen LogP contribution in [0, 0.1) is 13.8 Å². The summed E-state index contributed by atoms with van der Waals surface area (Å²) >= 11 is 1.68. The molecule has 7 nitrogen and oxygen atoms in total. The van der Waals surface area contributed by atoms with E-state index in [0.29, 0.717) is 18.0 Å². The van der Waals surface area contributed by atoms with Gasteiger partial charge in [-0.25, -0.2) is 9.67 Å². The average molecular weight is 343 g/mol. The van der Waals surface area contributed by atoms with Crippen LogP contribution >= 0.6 is 11.8 Å². The summed E-state index contributed by atoms with van der Waals surface area (Å²) in [5, 5.41) is 18.9. The van der Waals surface area contributed by atoms with Crippen molar-refractivity contribution in [1.82, 2.24) is 24.9 Å². The van der Waals surface area contributed by atoms with Crippen LogP contribution in [0.15, 0.2) is 28.9 Å². The summed E-state index contributed by atoms with van der Waals surface area (Å²) in [5.74, 6) is 2.93. The van der Waals surface area contributed by atoms with E-state index in [-0.39, 0.29) is 5.89 Å². The highest BCUT2D eigenvalue weighted by Gasteiger charge is 2.39. The molecule has 1 N–H and O–H groups in total. The van der Waals surface area contributed by atoms with Crippen LogP contribution in [0.1, 0.15) is 23.7 Å². The van der Waals surface area contributed by atoms with Gasteiger partial charge >= 0.3 is 0 Å². The molecule has 1 atom stereocenters. The Morgan fingerprint density at radius 2 is 2.21 bits per heavy atom. The van der Waals surface area contributed by atoms with Crippen molar-refractivity contribution in [3.63, 3.8) is 0 Å². The summed E-state index contributed by atoms with van der Waals surface area (Å²) in [6.45, 7) is 3.94. The van der Waals surface area contributed by atoms with Gasteiger partial charge in [-0.15, -0.1) is 0 Å². The molecular formula is C16H17N5O2S. The van der Waals surface area contributed by atoms with E-state index in [4.69, 9.17) is 4.52 Å². The van der Waals surface area contributed by atoms with Crippen LogP contribution in [0.5, 0.6) is 0 Å². The summed E-state index contributed by atoms with van der Waals surface area (Å²) in [5.41, 5.74) is 1.71. The number of rotatable bonds is 3. The lowest BCUT2D eigenvalue weighted by atomic mass is 10.0. The molecule has 1 unspecified atom stereocenters. The first-order valence-electron chi connectivity index (χ1n) is 7.69. The molecule has 4 heterocycles. The largest absolute Gasteiger partial charge is 0.379 e. The number of hydrogen-bond donors (Lipinski definition) is 1. The van der Waals surface area contributed by atoms with Crippen LogP contribution < -0.4 is 0 Å². The lowest BCUT2D eigenvalue weighted by Crippen LogP contribution is -2.25. The normalized spacial score (nSPS) is 20.6. The molecule has 1 aliphatic heterocycles. The minimum atomic E-state index is -1.01. The minimum absolute atomic E-state index is 0.283. The Labute approximate surface area is 143 Å². The first-order chi connectivity index (χ1) is 11.5. The van der Waals surface area contributed by atoms with Crippen molar-refractivity contribution < 1.29 is 9.63 Å². The van der Waals surface area contributed by atoms with Gasteiger partial charge in [0.15, 0.2) is 11.4 Å². The maximum absolute atomic E-state index is 10.5. The van der Waals surface area contributed by atoms with E-state index in [1.165, 1.54) is 0 Å². The summed E-state index contributed by atoms with van der Waals surface area (Å²) in [6, 6.07) is 5.74. The molecule has 0 saturated carbocycles. The molecule has 0 spiro atoms. The molecule has 0 radical (unpaired) electrons. The second-order valence-electron chi connectivity index (χ2n) is 6.00. The standard InChI is InChI=1S/C16H17N5O2S/c1-10-7-11(2)21(19-10)13-4-3-12(8-17-13)14-18-15(23-20-14)16(22)5-6-24-9-16/h3-4,7-8,22H,5-6,9H2,1-2H3. The number of thioether (sulfide) groups is 1. The Morgan fingerprint density at radius 1 is 1.33 bits per heavy atom. The van der Waals surface area contributed by atoms with E-state index in [1.807, 2.05) is 32.0 Å². The molecule has 3 aromatic rings. The maximum Gasteiger partial charge on any atom is 0.259 e. The highest BCUT2D eigenvalue weighted by Crippen LogP contribution is 2.36. The number of aromatic nitrogens is 5. The van der Waals surface area contributed by atoms with Crippen molar-refractivity contribution in [3.05, 3.63) is 41.7 Å². The van der Waals surface area contributed by atoms with Gasteiger partial charge in [-0.05, 0) is 44.2 Å². The number of hydrogen-bond acceptors (Lipinski definition) is 7. The molecule has 8 heteroatoms. The van der Waals surface area contributed by atoms with Crippen molar-refractivity contribution in [2.75, 3.05) is 11.5 Å². The van der Waals surface area contributed by atoms with Crippen LogP contribution in [0.3, 0.4) is 0 Å². The van der Waals surface area contributed by atoms with Gasteiger partial charge in [0.05, 0.1) is 5.69 Å². The highest BCUT2D eigenvalue weighted by molar-refractivity contribution is 7.99. The van der Waals surface area contributed by atoms with Crippen LogP contribution in [0.25, 0.3) is 17.2 Å². The third-order valence-electron chi connectivity index (χ3n) is 4.06. The van der Waals surface area contributed by atoms with E-state index >= 15 is 0 Å². The monoisotopic (exact) mass is 343 g/mol. The molecule has 4 rings (SSSR count). The van der Waals surface area contributed by atoms with E-state index in [0.717, 1.165) is 28.5 Å². The molecule has 0 bridgehead atoms. The number of pyridine rings is 1. The van der Waals surface area contributed by atoms with Gasteiger partial charge in [0.25, 0.3) is 5.89 Å². The van der Waals surface area contributed by atoms with Crippen LogP contribution in [0.2, 0.25) is 0 Å². The minimum Gasteiger partial charge on any atom is -0.379 e. The zero-order valence-corrected chi connectivity index (χ0v) is 14.2. The van der Waals surface area contributed by atoms with Crippen LogP contribution in [0.4, 0.5) is 0 Å².